The van der Waals surface area contributed by atoms with Crippen LogP contribution in [0.5, 0.6) is 0 Å². The molecule has 1 radical (unpaired) electrons. The number of halogens is 35. The zero-order valence-corrected chi connectivity index (χ0v) is 48.7. The van der Waals surface area contributed by atoms with Crippen LogP contribution in [0.4, 0.5) is 0 Å². The molecule has 0 aromatic rings. The minimum absolute atomic E-state index is 1.46. The molecule has 1 rings (SSSR count). The Hall–Kier alpha value is 10.1. The third-order valence-electron chi connectivity index (χ3n) is 6.86. The lowest BCUT2D eigenvalue weighted by Gasteiger charge is -2.60. The van der Waals surface area contributed by atoms with Crippen LogP contribution in [0, 0.1) is 5.38 Å². The van der Waals surface area contributed by atoms with Gasteiger partial charge in [-0.05, 0) is 0 Å². The fourth-order valence-electron chi connectivity index (χ4n) is 3.43. The van der Waals surface area contributed by atoms with E-state index in [0.717, 1.165) is 0 Å². The summed E-state index contributed by atoms with van der Waals surface area (Å²) in [5.41, 5.74) is 0. The highest BCUT2D eigenvalue weighted by Gasteiger charge is 2.89. The quantitative estimate of drug-likeness (QED) is 0.212. The molecule has 0 bridgehead atoms. The molecule has 0 spiro atoms. The summed E-state index contributed by atoms with van der Waals surface area (Å²) in [6.07, 6.45) is 0. The minimum Gasteiger partial charge on any atom is -0.110 e. The van der Waals surface area contributed by atoms with Crippen LogP contribution in [-0.4, -0.2) is 73.7 Å². The lowest BCUT2D eigenvalue weighted by molar-refractivity contribution is 0.385. The van der Waals surface area contributed by atoms with Crippen LogP contribution in [0.15, 0.2) is 0 Å². The van der Waals surface area contributed by atoms with E-state index in [0.29, 0.717) is 0 Å². The Kier molecular flexibility index (Phi) is 20.2. The van der Waals surface area contributed by atoms with Crippen LogP contribution in [-0.2, 0) is 0 Å². The SMILES string of the molecule is Cl[C]1C(Cl)(Cl)C(Cl)(Cl)C(Cl)(Cl)C(Cl)(Cl)C(Cl)(Cl)C(Cl)(Cl)C(Cl)(Cl)C(Cl)(Cl)C(Cl)(Cl)C(Cl)(Cl)C(Cl)(Cl)C(Cl)(Cl)C(Cl)(Cl)C(Cl)(Cl)C(Cl)(Cl)C(Cl)(Cl)C1(Cl)Cl. The highest BCUT2D eigenvalue weighted by molar-refractivity contribution is 6.86. The molecular formula is C18Cl35. The van der Waals surface area contributed by atoms with Crippen molar-refractivity contribution in [1.82, 2.24) is 0 Å². The number of hydrogen-bond donors (Lipinski definition) is 0. The molecule has 0 saturated heterocycles. The smallest absolute Gasteiger partial charge is 0.110 e. The van der Waals surface area contributed by atoms with E-state index in [1.807, 2.05) is 0 Å². The maximum atomic E-state index is 6.56. The highest BCUT2D eigenvalue weighted by Crippen LogP contribution is 2.80. The molecule has 0 atom stereocenters. The average Bonchev–Trinajstić information content (AvgIpc) is 2.94. The maximum absolute atomic E-state index is 6.56. The lowest BCUT2D eigenvalue weighted by atomic mass is 9.94. The van der Waals surface area contributed by atoms with E-state index in [4.69, 9.17) is 406 Å². The summed E-state index contributed by atoms with van der Waals surface area (Å²) in [4.78, 5) is 0. The standard InChI is InChI=1S/C18Cl35/c19-1-2(20,21)4(24,25)6(28,29)8(32,33)10(36,37)12(40,41)14(44,45)16(48,49)18(52,53)17(50,51)15(46,47)13(42,43)11(38,39)9(34,35)7(30,31)5(26,27)3(1,22)23. The second kappa shape index (κ2) is 17.5. The van der Waals surface area contributed by atoms with Crippen molar-refractivity contribution in [3.05, 3.63) is 5.38 Å². The van der Waals surface area contributed by atoms with Gasteiger partial charge in [-0.2, -0.15) is 0 Å². The average molecular weight is 1460 g/mol. The van der Waals surface area contributed by atoms with E-state index < -0.39 is 79.0 Å². The van der Waals surface area contributed by atoms with Crippen molar-refractivity contribution in [2.45, 2.75) is 73.7 Å². The van der Waals surface area contributed by atoms with E-state index >= 15 is 0 Å². The van der Waals surface area contributed by atoms with Crippen LogP contribution in [0.2, 0.25) is 0 Å². The first-order chi connectivity index (χ1) is 22.2. The van der Waals surface area contributed by atoms with Gasteiger partial charge in [0.25, 0.3) is 0 Å². The normalized spacial score (nSPS) is 33.8. The predicted molar refractivity (Wildman–Crippen MR) is 255 cm³/mol. The molecule has 0 N–H and O–H groups in total. The van der Waals surface area contributed by atoms with Crippen LogP contribution in [0.1, 0.15) is 0 Å². The van der Waals surface area contributed by atoms with Gasteiger partial charge in [0.2, 0.25) is 0 Å². The molecule has 53 heavy (non-hydrogen) atoms. The van der Waals surface area contributed by atoms with Crippen molar-refractivity contribution in [2.24, 2.45) is 0 Å². The van der Waals surface area contributed by atoms with Gasteiger partial charge >= 0.3 is 0 Å². The summed E-state index contributed by atoms with van der Waals surface area (Å²) in [7, 11) is 0. The topological polar surface area (TPSA) is 0 Å². The Bertz CT molecular complexity index is 1290. The van der Waals surface area contributed by atoms with E-state index in [9.17, 15) is 0 Å². The van der Waals surface area contributed by atoms with E-state index in [-0.39, 0.29) is 0 Å². The third-order valence-corrected chi connectivity index (χ3v) is 32.9. The Morgan fingerprint density at radius 3 is 0.321 bits per heavy atom. The number of rotatable bonds is 0. The van der Waals surface area contributed by atoms with Crippen LogP contribution in [0.3, 0.4) is 0 Å². The van der Waals surface area contributed by atoms with Crippen LogP contribution >= 0.6 is 406 Å². The summed E-state index contributed by atoms with van der Waals surface area (Å²) in [6.45, 7) is 0. The molecular weight excluding hydrogens is 1460 g/mol. The third kappa shape index (κ3) is 8.15. The zero-order valence-electron chi connectivity index (χ0n) is 22.2. The molecule has 0 nitrogen and oxygen atoms in total. The molecule has 1 aliphatic carbocycles. The molecule has 1 saturated carbocycles. The van der Waals surface area contributed by atoms with E-state index in [2.05, 4.69) is 0 Å². The summed E-state index contributed by atoms with van der Waals surface area (Å²) in [6, 6.07) is 0. The highest BCUT2D eigenvalue weighted by atomic mass is 35.6. The van der Waals surface area contributed by atoms with Gasteiger partial charge in [0.05, 0.1) is 0 Å². The minimum atomic E-state index is -3.64. The van der Waals surface area contributed by atoms with Gasteiger partial charge < -0.3 is 0 Å². The molecule has 0 heterocycles. The van der Waals surface area contributed by atoms with Crippen molar-refractivity contribution in [2.75, 3.05) is 0 Å². The summed E-state index contributed by atoms with van der Waals surface area (Å²) in [5, 5.41) is -1.46. The van der Waals surface area contributed by atoms with Gasteiger partial charge in [0.1, 0.15) is 5.38 Å². The first-order valence-corrected chi connectivity index (χ1v) is 24.3. The molecule has 0 aliphatic heterocycles. The monoisotopic (exact) mass is 1440 g/mol. The largest absolute Gasteiger partial charge is 0.189 e. The van der Waals surface area contributed by atoms with Gasteiger partial charge in [0, 0.05) is 0 Å². The molecule has 35 heteroatoms. The molecule has 0 aromatic carbocycles. The van der Waals surface area contributed by atoms with Crippen LogP contribution in [0.25, 0.3) is 0 Å². The van der Waals surface area contributed by atoms with Crippen molar-refractivity contribution < 1.29 is 0 Å². The Morgan fingerprint density at radius 2 is 0.226 bits per heavy atom. The van der Waals surface area contributed by atoms with Gasteiger partial charge in [-0.3, -0.25) is 0 Å². The summed E-state index contributed by atoms with van der Waals surface area (Å²) < 4.78 is -60.9. The number of alkyl halides is 34. The molecule has 1 aliphatic rings. The first-order valence-electron chi connectivity index (χ1n) is 11.1. The van der Waals surface area contributed by atoms with E-state index in [1.54, 1.807) is 0 Å². The maximum Gasteiger partial charge on any atom is 0.189 e. The van der Waals surface area contributed by atoms with E-state index in [1.165, 1.54) is 0 Å². The fourth-order valence-corrected chi connectivity index (χ4v) is 16.5. The Morgan fingerprint density at radius 1 is 0.151 bits per heavy atom. The molecule has 0 aromatic heterocycles. The lowest BCUT2D eigenvalue weighted by Crippen LogP contribution is -2.77. The van der Waals surface area contributed by atoms with Crippen molar-refractivity contribution in [1.29, 1.82) is 0 Å². The molecule has 0 unspecified atom stereocenters. The summed E-state index contributed by atoms with van der Waals surface area (Å²) in [5.74, 6) is 0. The van der Waals surface area contributed by atoms with Crippen molar-refractivity contribution in [3.8, 4) is 0 Å². The number of hydrogen-bond acceptors (Lipinski definition) is 0. The fraction of sp³-hybridized carbons (Fsp3) is 0.944. The molecule has 317 valence electrons. The Balaban J connectivity index is 4.86. The van der Waals surface area contributed by atoms with Crippen LogP contribution < -0.4 is 0 Å². The first kappa shape index (κ1) is 61.2. The van der Waals surface area contributed by atoms with Gasteiger partial charge in [-0.1, -0.05) is 394 Å². The van der Waals surface area contributed by atoms with Crippen molar-refractivity contribution >= 4 is 406 Å². The van der Waals surface area contributed by atoms with Gasteiger partial charge in [0.15, 0.2) is 73.7 Å². The zero-order chi connectivity index (χ0) is 44.1. The predicted octanol–water partition coefficient (Wildman–Crippen LogP) is 20.7. The molecule has 1 fully saturated rings. The Labute approximate surface area is 477 Å². The summed E-state index contributed by atoms with van der Waals surface area (Å²) >= 11 is 229. The second-order valence-corrected chi connectivity index (χ2v) is 33.0. The molecule has 0 amide bonds. The van der Waals surface area contributed by atoms with Gasteiger partial charge in [-0.15, -0.1) is 11.6 Å². The second-order valence-electron chi connectivity index (χ2n) is 10.1. The van der Waals surface area contributed by atoms with Crippen molar-refractivity contribution in [3.63, 3.8) is 0 Å². The van der Waals surface area contributed by atoms with Gasteiger partial charge in [-0.25, -0.2) is 0 Å².